The Morgan fingerprint density at radius 1 is 1.11 bits per heavy atom. The van der Waals surface area contributed by atoms with Crippen LogP contribution in [0.4, 0.5) is 5.82 Å². The number of para-hydroxylation sites is 1. The van der Waals surface area contributed by atoms with Crippen LogP contribution in [0.15, 0.2) is 54.6 Å². The van der Waals surface area contributed by atoms with Crippen LogP contribution >= 0.6 is 23.4 Å². The first-order chi connectivity index (χ1) is 13.3. The monoisotopic (exact) mass is 411 g/mol. The Kier molecular flexibility index (Phi) is 4.98. The SMILES string of the molecule is CC(C)(C)c1nn(-c2ccccc2)c2c1C(=O)CSC(c1ccc(Cl)cc1)N2. The number of Topliss-reactive ketones (excluding diaryl/α,β-unsaturated/α-hetero) is 1. The van der Waals surface area contributed by atoms with Crippen molar-refractivity contribution in [2.75, 3.05) is 11.1 Å². The van der Waals surface area contributed by atoms with Crippen LogP contribution in [0.1, 0.15) is 47.8 Å². The largest absolute Gasteiger partial charge is 0.354 e. The third-order valence-corrected chi connectivity index (χ3v) is 6.10. The van der Waals surface area contributed by atoms with Crippen molar-refractivity contribution in [1.82, 2.24) is 9.78 Å². The molecule has 144 valence electrons. The normalized spacial score (nSPS) is 17.0. The lowest BCUT2D eigenvalue weighted by Gasteiger charge is -2.18. The number of hydrogen-bond donors (Lipinski definition) is 1. The number of hydrogen-bond acceptors (Lipinski definition) is 4. The zero-order chi connectivity index (χ0) is 19.9. The predicted molar refractivity (Wildman–Crippen MR) is 117 cm³/mol. The summed E-state index contributed by atoms with van der Waals surface area (Å²) < 4.78 is 1.86. The van der Waals surface area contributed by atoms with E-state index in [-0.39, 0.29) is 16.6 Å². The molecule has 0 saturated heterocycles. The zero-order valence-corrected chi connectivity index (χ0v) is 17.6. The molecular formula is C22H22ClN3OS. The van der Waals surface area contributed by atoms with Crippen LogP contribution in [-0.4, -0.2) is 21.3 Å². The second-order valence-corrected chi connectivity index (χ2v) is 9.41. The first kappa shape index (κ1) is 19.1. The summed E-state index contributed by atoms with van der Waals surface area (Å²) in [5.74, 6) is 1.26. The van der Waals surface area contributed by atoms with Gasteiger partial charge in [-0.15, -0.1) is 11.8 Å². The number of aromatic nitrogens is 2. The maximum atomic E-state index is 13.1. The van der Waals surface area contributed by atoms with Gasteiger partial charge in [-0.2, -0.15) is 5.10 Å². The van der Waals surface area contributed by atoms with Gasteiger partial charge in [-0.05, 0) is 29.8 Å². The Bertz CT molecular complexity index is 1010. The van der Waals surface area contributed by atoms with Gasteiger partial charge in [0.25, 0.3) is 0 Å². The van der Waals surface area contributed by atoms with Crippen LogP contribution < -0.4 is 5.32 Å². The van der Waals surface area contributed by atoms with Gasteiger partial charge < -0.3 is 5.32 Å². The number of ketones is 1. The minimum Gasteiger partial charge on any atom is -0.354 e. The molecule has 3 aromatic rings. The van der Waals surface area contributed by atoms with Gasteiger partial charge in [-0.1, -0.05) is 62.7 Å². The van der Waals surface area contributed by atoms with Crippen LogP contribution in [0, 0.1) is 0 Å². The smallest absolute Gasteiger partial charge is 0.178 e. The number of carbonyl (C=O) groups is 1. The molecular weight excluding hydrogens is 390 g/mol. The minimum atomic E-state index is -0.244. The van der Waals surface area contributed by atoms with E-state index in [0.29, 0.717) is 16.3 Å². The molecule has 1 aliphatic rings. The predicted octanol–water partition coefficient (Wildman–Crippen LogP) is 5.86. The van der Waals surface area contributed by atoms with E-state index in [1.807, 2.05) is 59.3 Å². The van der Waals surface area contributed by atoms with Crippen molar-refractivity contribution in [2.45, 2.75) is 31.6 Å². The molecule has 1 N–H and O–H groups in total. The van der Waals surface area contributed by atoms with E-state index >= 15 is 0 Å². The fourth-order valence-corrected chi connectivity index (χ4v) is 4.44. The minimum absolute atomic E-state index is 0.0607. The second kappa shape index (κ2) is 7.30. The Balaban J connectivity index is 1.88. The van der Waals surface area contributed by atoms with E-state index in [1.165, 1.54) is 0 Å². The highest BCUT2D eigenvalue weighted by Gasteiger charge is 2.34. The lowest BCUT2D eigenvalue weighted by atomic mass is 9.88. The molecule has 0 aliphatic carbocycles. The van der Waals surface area contributed by atoms with E-state index in [9.17, 15) is 4.79 Å². The summed E-state index contributed by atoms with van der Waals surface area (Å²) in [5, 5.41) is 9.09. The van der Waals surface area contributed by atoms with E-state index in [0.717, 1.165) is 22.8 Å². The lowest BCUT2D eigenvalue weighted by Crippen LogP contribution is -2.17. The molecule has 1 aliphatic heterocycles. The molecule has 4 rings (SSSR count). The highest BCUT2D eigenvalue weighted by atomic mass is 35.5. The quantitative estimate of drug-likeness (QED) is 0.573. The van der Waals surface area contributed by atoms with Gasteiger partial charge in [0.1, 0.15) is 5.82 Å². The summed E-state index contributed by atoms with van der Waals surface area (Å²) in [7, 11) is 0. The summed E-state index contributed by atoms with van der Waals surface area (Å²) in [5.41, 5.74) is 3.28. The van der Waals surface area contributed by atoms with E-state index in [4.69, 9.17) is 16.7 Å². The van der Waals surface area contributed by atoms with Crippen LogP contribution in [0.2, 0.25) is 5.02 Å². The number of halogens is 1. The molecule has 0 bridgehead atoms. The standard InChI is InChI=1S/C22H22ClN3OS/c1-22(2,3)19-18-17(27)13-28-21(14-9-11-15(23)12-10-14)24-20(18)26(25-19)16-7-5-4-6-8-16/h4-12,21,24H,13H2,1-3H3. The molecule has 0 spiro atoms. The number of fused-ring (bicyclic) bond motifs is 1. The van der Waals surface area contributed by atoms with Crippen molar-refractivity contribution in [2.24, 2.45) is 0 Å². The lowest BCUT2D eigenvalue weighted by molar-refractivity contribution is 0.102. The maximum Gasteiger partial charge on any atom is 0.178 e. The molecule has 6 heteroatoms. The maximum absolute atomic E-state index is 13.1. The van der Waals surface area contributed by atoms with E-state index in [1.54, 1.807) is 11.8 Å². The molecule has 28 heavy (non-hydrogen) atoms. The summed E-state index contributed by atoms with van der Waals surface area (Å²) >= 11 is 7.64. The fourth-order valence-electron chi connectivity index (χ4n) is 3.31. The molecule has 2 aromatic carbocycles. The Morgan fingerprint density at radius 2 is 1.79 bits per heavy atom. The number of thioether (sulfide) groups is 1. The van der Waals surface area contributed by atoms with Crippen molar-refractivity contribution >= 4 is 35.0 Å². The number of carbonyl (C=O) groups excluding carboxylic acids is 1. The van der Waals surface area contributed by atoms with Gasteiger partial charge in [0.15, 0.2) is 5.78 Å². The average Bonchev–Trinajstić information content (AvgIpc) is 2.98. The van der Waals surface area contributed by atoms with Crippen molar-refractivity contribution in [1.29, 1.82) is 0 Å². The number of anilines is 1. The van der Waals surface area contributed by atoms with Gasteiger partial charge >= 0.3 is 0 Å². The Hall–Kier alpha value is -2.24. The molecule has 1 unspecified atom stereocenters. The molecule has 1 aromatic heterocycles. The molecule has 4 nitrogen and oxygen atoms in total. The summed E-state index contributed by atoms with van der Waals surface area (Å²) in [6.07, 6.45) is 0. The van der Waals surface area contributed by atoms with Crippen LogP contribution in [0.5, 0.6) is 0 Å². The van der Waals surface area contributed by atoms with E-state index < -0.39 is 0 Å². The molecule has 0 saturated carbocycles. The van der Waals surface area contributed by atoms with Crippen molar-refractivity contribution in [3.63, 3.8) is 0 Å². The number of rotatable bonds is 2. The second-order valence-electron chi connectivity index (χ2n) is 7.88. The van der Waals surface area contributed by atoms with Crippen LogP contribution in [0.25, 0.3) is 5.69 Å². The Labute approximate surface area is 174 Å². The Morgan fingerprint density at radius 3 is 2.43 bits per heavy atom. The van der Waals surface area contributed by atoms with Gasteiger partial charge in [0, 0.05) is 10.4 Å². The van der Waals surface area contributed by atoms with Gasteiger partial charge in [0.05, 0.1) is 28.1 Å². The molecule has 2 heterocycles. The van der Waals surface area contributed by atoms with Gasteiger partial charge in [-0.3, -0.25) is 4.79 Å². The highest BCUT2D eigenvalue weighted by molar-refractivity contribution is 8.00. The van der Waals surface area contributed by atoms with Crippen LogP contribution in [0.3, 0.4) is 0 Å². The third kappa shape index (κ3) is 3.56. The summed E-state index contributed by atoms with van der Waals surface area (Å²) in [4.78, 5) is 13.1. The molecule has 1 atom stereocenters. The summed E-state index contributed by atoms with van der Waals surface area (Å²) in [6, 6.07) is 17.7. The van der Waals surface area contributed by atoms with E-state index in [2.05, 4.69) is 26.1 Å². The van der Waals surface area contributed by atoms with Crippen molar-refractivity contribution in [3.05, 3.63) is 76.4 Å². The topological polar surface area (TPSA) is 46.9 Å². The number of nitrogens with one attached hydrogen (secondary N) is 1. The first-order valence-electron chi connectivity index (χ1n) is 9.20. The molecule has 0 fully saturated rings. The number of benzene rings is 2. The fraction of sp³-hybridized carbons (Fsp3) is 0.273. The third-order valence-electron chi connectivity index (χ3n) is 4.70. The first-order valence-corrected chi connectivity index (χ1v) is 10.6. The van der Waals surface area contributed by atoms with Crippen molar-refractivity contribution < 1.29 is 4.79 Å². The number of nitrogens with zero attached hydrogens (tertiary/aromatic N) is 2. The van der Waals surface area contributed by atoms with Gasteiger partial charge in [-0.25, -0.2) is 4.68 Å². The van der Waals surface area contributed by atoms with Gasteiger partial charge in [0.2, 0.25) is 0 Å². The average molecular weight is 412 g/mol. The van der Waals surface area contributed by atoms with Crippen molar-refractivity contribution in [3.8, 4) is 5.69 Å². The summed E-state index contributed by atoms with van der Waals surface area (Å²) in [6.45, 7) is 6.27. The molecule has 0 amide bonds. The van der Waals surface area contributed by atoms with Crippen LogP contribution in [-0.2, 0) is 5.41 Å². The zero-order valence-electron chi connectivity index (χ0n) is 16.1. The molecule has 0 radical (unpaired) electrons. The highest BCUT2D eigenvalue weighted by Crippen LogP contribution is 2.40.